The van der Waals surface area contributed by atoms with E-state index < -0.39 is 6.03 Å². The molecule has 7 nitrogen and oxygen atoms in total. The number of nitrogens with zero attached hydrogens (tertiary/aromatic N) is 1. The molecule has 1 unspecified atom stereocenters. The zero-order valence-corrected chi connectivity index (χ0v) is 18.9. The fourth-order valence-corrected chi connectivity index (χ4v) is 5.80. The van der Waals surface area contributed by atoms with Crippen molar-refractivity contribution >= 4 is 18.1 Å². The van der Waals surface area contributed by atoms with Crippen LogP contribution in [-0.4, -0.2) is 17.4 Å². The monoisotopic (exact) mass is 456 g/mol. The van der Waals surface area contributed by atoms with Crippen molar-refractivity contribution in [3.05, 3.63) is 89.7 Å². The topological polar surface area (TPSA) is 92.4 Å². The maximum Gasteiger partial charge on any atom is 0.337 e. The Labute approximate surface area is 198 Å². The van der Waals surface area contributed by atoms with Gasteiger partial charge in [-0.3, -0.25) is 15.2 Å². The van der Waals surface area contributed by atoms with E-state index in [9.17, 15) is 9.59 Å². The van der Waals surface area contributed by atoms with Crippen molar-refractivity contribution in [2.75, 3.05) is 5.32 Å². The van der Waals surface area contributed by atoms with Crippen LogP contribution in [0.25, 0.3) is 0 Å². The van der Waals surface area contributed by atoms with E-state index in [2.05, 4.69) is 57.6 Å². The molecule has 2 bridgehead atoms. The Morgan fingerprint density at radius 1 is 1.03 bits per heavy atom. The third-order valence-corrected chi connectivity index (χ3v) is 7.23. The standard InChI is InChI=1S/C27H28N4O3/c32-18-29-31-26(33)30-23-10-6-20(7-11-23)27(16-19-4-5-22(27)15-19)21-8-12-25(13-9-21)34-17-24-3-1-2-14-28-24/h1-3,6-14,18-19,22H,4-5,15-17H2,(H,29,32)(H2,30,31,33)/t19?,22-,27+/m1/s1. The maximum absolute atomic E-state index is 11.8. The smallest absolute Gasteiger partial charge is 0.337 e. The molecule has 2 aliphatic carbocycles. The third-order valence-electron chi connectivity index (χ3n) is 7.23. The normalized spacial score (nSPS) is 22.7. The van der Waals surface area contributed by atoms with Gasteiger partial charge in [-0.25, -0.2) is 10.2 Å². The first-order valence-corrected chi connectivity index (χ1v) is 11.7. The van der Waals surface area contributed by atoms with Crippen LogP contribution in [-0.2, 0) is 16.8 Å². The van der Waals surface area contributed by atoms with Gasteiger partial charge in [0.15, 0.2) is 0 Å². The summed E-state index contributed by atoms with van der Waals surface area (Å²) in [5, 5.41) is 2.72. The lowest BCUT2D eigenvalue weighted by molar-refractivity contribution is -0.110. The molecule has 3 atom stereocenters. The molecule has 2 fully saturated rings. The average molecular weight is 457 g/mol. The summed E-state index contributed by atoms with van der Waals surface area (Å²) in [7, 11) is 0. The highest BCUT2D eigenvalue weighted by atomic mass is 16.5. The minimum atomic E-state index is -0.490. The Morgan fingerprint density at radius 2 is 1.79 bits per heavy atom. The van der Waals surface area contributed by atoms with Crippen LogP contribution in [0.2, 0.25) is 0 Å². The van der Waals surface area contributed by atoms with E-state index in [0.29, 0.717) is 24.6 Å². The summed E-state index contributed by atoms with van der Waals surface area (Å²) >= 11 is 0. The first-order chi connectivity index (χ1) is 16.7. The second-order valence-electron chi connectivity index (χ2n) is 9.10. The number of aromatic nitrogens is 1. The highest BCUT2D eigenvalue weighted by Crippen LogP contribution is 2.60. The van der Waals surface area contributed by atoms with Gasteiger partial charge in [-0.1, -0.05) is 36.8 Å². The SMILES string of the molecule is O=CNNC(=O)Nc1ccc([C@]2(c3ccc(OCc4ccccn4)cc3)CC3CC[C@@H]2C3)cc1. The Morgan fingerprint density at radius 3 is 2.41 bits per heavy atom. The summed E-state index contributed by atoms with van der Waals surface area (Å²) in [5.74, 6) is 2.20. The summed E-state index contributed by atoms with van der Waals surface area (Å²) < 4.78 is 5.96. The second-order valence-corrected chi connectivity index (χ2v) is 9.10. The lowest BCUT2D eigenvalue weighted by Gasteiger charge is -2.39. The summed E-state index contributed by atoms with van der Waals surface area (Å²) in [6.45, 7) is 0.445. The van der Waals surface area contributed by atoms with E-state index in [4.69, 9.17) is 4.74 Å². The molecule has 5 rings (SSSR count). The van der Waals surface area contributed by atoms with Crippen LogP contribution in [0.15, 0.2) is 72.9 Å². The highest BCUT2D eigenvalue weighted by molar-refractivity contribution is 5.89. The van der Waals surface area contributed by atoms with Crippen LogP contribution in [0.1, 0.15) is 42.5 Å². The van der Waals surface area contributed by atoms with Crippen molar-refractivity contribution in [2.24, 2.45) is 11.8 Å². The van der Waals surface area contributed by atoms with Gasteiger partial charge in [-0.15, -0.1) is 0 Å². The number of urea groups is 1. The number of ether oxygens (including phenoxy) is 1. The van der Waals surface area contributed by atoms with Gasteiger partial charge < -0.3 is 10.1 Å². The molecule has 0 radical (unpaired) electrons. The first kappa shape index (κ1) is 21.9. The highest BCUT2D eigenvalue weighted by Gasteiger charge is 2.52. The number of benzene rings is 2. The van der Waals surface area contributed by atoms with Crippen LogP contribution < -0.4 is 20.9 Å². The molecule has 174 valence electrons. The number of pyridine rings is 1. The lowest BCUT2D eigenvalue weighted by Crippen LogP contribution is -2.39. The molecular formula is C27H28N4O3. The molecule has 7 heteroatoms. The second kappa shape index (κ2) is 9.55. The molecule has 34 heavy (non-hydrogen) atoms. The van der Waals surface area contributed by atoms with Crippen LogP contribution in [0.3, 0.4) is 0 Å². The number of anilines is 1. The molecule has 0 saturated heterocycles. The fourth-order valence-electron chi connectivity index (χ4n) is 5.80. The van der Waals surface area contributed by atoms with Gasteiger partial charge in [0.05, 0.1) is 5.69 Å². The van der Waals surface area contributed by atoms with Crippen LogP contribution in [0.4, 0.5) is 10.5 Å². The zero-order valence-electron chi connectivity index (χ0n) is 18.9. The van der Waals surface area contributed by atoms with Gasteiger partial charge in [-0.05, 0) is 78.6 Å². The molecule has 3 amide bonds. The molecule has 0 aliphatic heterocycles. The van der Waals surface area contributed by atoms with Crippen molar-refractivity contribution in [3.8, 4) is 5.75 Å². The van der Waals surface area contributed by atoms with E-state index in [1.165, 1.54) is 30.4 Å². The number of fused-ring (bicyclic) bond motifs is 2. The number of hydrogen-bond acceptors (Lipinski definition) is 4. The molecule has 2 saturated carbocycles. The minimum Gasteiger partial charge on any atom is -0.487 e. The molecule has 3 aromatic rings. The van der Waals surface area contributed by atoms with Crippen molar-refractivity contribution in [1.29, 1.82) is 0 Å². The number of nitrogens with one attached hydrogen (secondary N) is 3. The summed E-state index contributed by atoms with van der Waals surface area (Å²) in [5.41, 5.74) is 8.53. The van der Waals surface area contributed by atoms with E-state index in [-0.39, 0.29) is 5.41 Å². The van der Waals surface area contributed by atoms with Gasteiger partial charge >= 0.3 is 6.03 Å². The number of carbonyl (C=O) groups excluding carboxylic acids is 2. The molecule has 0 spiro atoms. The van der Waals surface area contributed by atoms with Crippen molar-refractivity contribution in [1.82, 2.24) is 15.8 Å². The quantitative estimate of drug-likeness (QED) is 0.343. The summed E-state index contributed by atoms with van der Waals surface area (Å²) in [6.07, 6.45) is 7.13. The van der Waals surface area contributed by atoms with Gasteiger partial charge in [0.2, 0.25) is 6.41 Å². The van der Waals surface area contributed by atoms with Gasteiger partial charge in [0.1, 0.15) is 12.4 Å². The predicted molar refractivity (Wildman–Crippen MR) is 129 cm³/mol. The lowest BCUT2D eigenvalue weighted by atomic mass is 9.64. The molecule has 2 aromatic carbocycles. The number of carbonyl (C=O) groups is 2. The van der Waals surface area contributed by atoms with Crippen molar-refractivity contribution in [2.45, 2.75) is 37.7 Å². The number of hydrazine groups is 1. The summed E-state index contributed by atoms with van der Waals surface area (Å²) in [4.78, 5) is 26.5. The molecule has 3 N–H and O–H groups in total. The van der Waals surface area contributed by atoms with E-state index in [1.54, 1.807) is 6.20 Å². The largest absolute Gasteiger partial charge is 0.487 e. The van der Waals surface area contributed by atoms with Crippen molar-refractivity contribution < 1.29 is 14.3 Å². The number of hydrogen-bond donors (Lipinski definition) is 3. The van der Waals surface area contributed by atoms with E-state index in [0.717, 1.165) is 23.8 Å². The molecule has 2 aliphatic rings. The Balaban J connectivity index is 1.36. The minimum absolute atomic E-state index is 0.0255. The summed E-state index contributed by atoms with van der Waals surface area (Å²) in [6, 6.07) is 22.0. The third kappa shape index (κ3) is 4.33. The molecule has 1 heterocycles. The predicted octanol–water partition coefficient (Wildman–Crippen LogP) is 4.55. The average Bonchev–Trinajstić information content (AvgIpc) is 3.50. The van der Waals surface area contributed by atoms with Crippen LogP contribution >= 0.6 is 0 Å². The van der Waals surface area contributed by atoms with Crippen molar-refractivity contribution in [3.63, 3.8) is 0 Å². The van der Waals surface area contributed by atoms with E-state index in [1.807, 2.05) is 30.3 Å². The zero-order chi connectivity index (χ0) is 23.4. The van der Waals surface area contributed by atoms with Gasteiger partial charge in [0, 0.05) is 17.3 Å². The maximum atomic E-state index is 11.8. The number of amides is 3. The Hall–Kier alpha value is -3.87. The molecular weight excluding hydrogens is 428 g/mol. The van der Waals surface area contributed by atoms with Gasteiger partial charge in [-0.2, -0.15) is 0 Å². The fraction of sp³-hybridized carbons (Fsp3) is 0.296. The van der Waals surface area contributed by atoms with Crippen LogP contribution in [0, 0.1) is 11.8 Å². The first-order valence-electron chi connectivity index (χ1n) is 11.7. The Kier molecular flexibility index (Phi) is 6.16. The van der Waals surface area contributed by atoms with Gasteiger partial charge in [0.25, 0.3) is 0 Å². The van der Waals surface area contributed by atoms with E-state index >= 15 is 0 Å². The molecule has 1 aromatic heterocycles. The Bertz CT molecular complexity index is 1130. The number of rotatable bonds is 8. The van der Waals surface area contributed by atoms with Crippen LogP contribution in [0.5, 0.6) is 5.75 Å².